The standard InChI is InChI=1S/C17H22N2O2.ClH/c1-11-3-4-15-14(7-17(20)21-16(15)5-11)10-19-9-13(8-18)6-12(19)2;/h3-5,7,12-13H,6,8-10,18H2,1-2H3;1H. The van der Waals surface area contributed by atoms with Crippen molar-refractivity contribution in [3.05, 3.63) is 45.8 Å². The first-order valence-corrected chi connectivity index (χ1v) is 7.54. The fourth-order valence-corrected chi connectivity index (χ4v) is 3.30. The summed E-state index contributed by atoms with van der Waals surface area (Å²) < 4.78 is 5.32. The van der Waals surface area contributed by atoms with E-state index in [0.29, 0.717) is 17.5 Å². The van der Waals surface area contributed by atoms with Gasteiger partial charge in [-0.1, -0.05) is 12.1 Å². The first-order chi connectivity index (χ1) is 10.1. The molecule has 1 fully saturated rings. The average molecular weight is 323 g/mol. The molecule has 3 rings (SSSR count). The molecule has 0 saturated carbocycles. The van der Waals surface area contributed by atoms with E-state index < -0.39 is 0 Å². The van der Waals surface area contributed by atoms with Crippen molar-refractivity contribution in [3.63, 3.8) is 0 Å². The molecule has 0 amide bonds. The van der Waals surface area contributed by atoms with E-state index in [1.54, 1.807) is 6.07 Å². The van der Waals surface area contributed by atoms with Crippen molar-refractivity contribution in [1.29, 1.82) is 0 Å². The van der Waals surface area contributed by atoms with Crippen LogP contribution in [0, 0.1) is 12.8 Å². The minimum absolute atomic E-state index is 0. The molecule has 2 heterocycles. The van der Waals surface area contributed by atoms with Crippen molar-refractivity contribution >= 4 is 23.4 Å². The highest BCUT2D eigenvalue weighted by Crippen LogP contribution is 2.26. The van der Waals surface area contributed by atoms with Gasteiger partial charge in [0.1, 0.15) is 5.58 Å². The summed E-state index contributed by atoms with van der Waals surface area (Å²) in [6, 6.07) is 8.16. The van der Waals surface area contributed by atoms with Gasteiger partial charge in [-0.25, -0.2) is 4.79 Å². The lowest BCUT2D eigenvalue weighted by atomic mass is 10.1. The maximum atomic E-state index is 11.8. The van der Waals surface area contributed by atoms with Crippen molar-refractivity contribution in [3.8, 4) is 0 Å². The molecule has 0 spiro atoms. The predicted octanol–water partition coefficient (Wildman–Crippen LogP) is 2.69. The Morgan fingerprint density at radius 1 is 1.36 bits per heavy atom. The number of aryl methyl sites for hydroxylation is 1. The molecule has 1 saturated heterocycles. The molecule has 1 aromatic heterocycles. The van der Waals surface area contributed by atoms with Crippen LogP contribution in [0.2, 0.25) is 0 Å². The smallest absolute Gasteiger partial charge is 0.336 e. The lowest BCUT2D eigenvalue weighted by molar-refractivity contribution is 0.256. The Hall–Kier alpha value is -1.36. The van der Waals surface area contributed by atoms with Gasteiger partial charge in [-0.3, -0.25) is 4.90 Å². The Balaban J connectivity index is 0.00000176. The molecule has 1 aliphatic rings. The zero-order chi connectivity index (χ0) is 15.0. The first-order valence-electron chi connectivity index (χ1n) is 7.54. The van der Waals surface area contributed by atoms with Crippen LogP contribution in [0.25, 0.3) is 11.0 Å². The summed E-state index contributed by atoms with van der Waals surface area (Å²) in [7, 11) is 0. The first kappa shape index (κ1) is 17.0. The Kier molecular flexibility index (Phi) is 5.27. The van der Waals surface area contributed by atoms with E-state index in [9.17, 15) is 4.79 Å². The topological polar surface area (TPSA) is 59.5 Å². The highest BCUT2D eigenvalue weighted by Gasteiger charge is 2.28. The van der Waals surface area contributed by atoms with E-state index in [4.69, 9.17) is 10.2 Å². The van der Waals surface area contributed by atoms with Crippen molar-refractivity contribution in [2.24, 2.45) is 11.7 Å². The zero-order valence-electron chi connectivity index (χ0n) is 13.0. The quantitative estimate of drug-likeness (QED) is 0.883. The van der Waals surface area contributed by atoms with Gasteiger partial charge >= 0.3 is 5.63 Å². The monoisotopic (exact) mass is 322 g/mol. The zero-order valence-corrected chi connectivity index (χ0v) is 13.9. The van der Waals surface area contributed by atoms with Crippen molar-refractivity contribution < 1.29 is 4.42 Å². The molecule has 22 heavy (non-hydrogen) atoms. The van der Waals surface area contributed by atoms with Crippen LogP contribution in [0.4, 0.5) is 0 Å². The van der Waals surface area contributed by atoms with Crippen molar-refractivity contribution in [1.82, 2.24) is 4.90 Å². The maximum absolute atomic E-state index is 11.8. The second-order valence-electron chi connectivity index (χ2n) is 6.21. The van der Waals surface area contributed by atoms with Crippen LogP contribution in [0.3, 0.4) is 0 Å². The third-order valence-electron chi connectivity index (χ3n) is 4.48. The molecule has 2 atom stereocenters. The lowest BCUT2D eigenvalue weighted by Gasteiger charge is -2.21. The molecule has 0 radical (unpaired) electrons. The van der Waals surface area contributed by atoms with E-state index in [2.05, 4.69) is 17.9 Å². The highest BCUT2D eigenvalue weighted by atomic mass is 35.5. The Bertz CT molecular complexity index is 713. The molecule has 2 unspecified atom stereocenters. The van der Waals surface area contributed by atoms with Gasteiger partial charge in [0.15, 0.2) is 0 Å². The molecule has 1 aromatic carbocycles. The van der Waals surface area contributed by atoms with Crippen LogP contribution < -0.4 is 11.4 Å². The van der Waals surface area contributed by atoms with Crippen LogP contribution in [0.5, 0.6) is 0 Å². The number of rotatable bonds is 3. The molecule has 0 bridgehead atoms. The Morgan fingerprint density at radius 2 is 2.14 bits per heavy atom. The summed E-state index contributed by atoms with van der Waals surface area (Å²) in [5.74, 6) is 0.564. The van der Waals surface area contributed by atoms with Gasteiger partial charge in [-0.2, -0.15) is 0 Å². The molecule has 2 aromatic rings. The van der Waals surface area contributed by atoms with Crippen LogP contribution >= 0.6 is 12.4 Å². The van der Waals surface area contributed by atoms with Gasteiger partial charge in [0.25, 0.3) is 0 Å². The maximum Gasteiger partial charge on any atom is 0.336 e. The number of nitrogens with zero attached hydrogens (tertiary/aromatic N) is 1. The number of hydrogen-bond donors (Lipinski definition) is 1. The van der Waals surface area contributed by atoms with E-state index in [0.717, 1.165) is 42.6 Å². The number of fused-ring (bicyclic) bond motifs is 1. The largest absolute Gasteiger partial charge is 0.423 e. The molecule has 5 heteroatoms. The highest BCUT2D eigenvalue weighted by molar-refractivity contribution is 5.85. The number of nitrogens with two attached hydrogens (primary N) is 1. The summed E-state index contributed by atoms with van der Waals surface area (Å²) in [5, 5.41) is 1.03. The number of hydrogen-bond acceptors (Lipinski definition) is 4. The van der Waals surface area contributed by atoms with Crippen LogP contribution in [0.15, 0.2) is 33.5 Å². The van der Waals surface area contributed by atoms with E-state index in [1.807, 2.05) is 19.1 Å². The average Bonchev–Trinajstić information content (AvgIpc) is 2.78. The summed E-state index contributed by atoms with van der Waals surface area (Å²) in [6.07, 6.45) is 1.13. The van der Waals surface area contributed by atoms with Crippen molar-refractivity contribution in [2.75, 3.05) is 13.1 Å². The van der Waals surface area contributed by atoms with E-state index >= 15 is 0 Å². The lowest BCUT2D eigenvalue weighted by Crippen LogP contribution is -2.27. The van der Waals surface area contributed by atoms with Gasteiger partial charge in [-0.15, -0.1) is 12.4 Å². The Labute approximate surface area is 136 Å². The third kappa shape index (κ3) is 3.35. The normalized spacial score (nSPS) is 22.0. The fourth-order valence-electron chi connectivity index (χ4n) is 3.30. The Morgan fingerprint density at radius 3 is 2.82 bits per heavy atom. The van der Waals surface area contributed by atoms with Crippen molar-refractivity contribution in [2.45, 2.75) is 32.9 Å². The molecule has 120 valence electrons. The second-order valence-corrected chi connectivity index (χ2v) is 6.21. The molecule has 4 nitrogen and oxygen atoms in total. The third-order valence-corrected chi connectivity index (χ3v) is 4.48. The predicted molar refractivity (Wildman–Crippen MR) is 91.5 cm³/mol. The molecule has 2 N–H and O–H groups in total. The molecular weight excluding hydrogens is 300 g/mol. The number of likely N-dealkylation sites (tertiary alicyclic amines) is 1. The van der Waals surface area contributed by atoms with Gasteiger partial charge < -0.3 is 10.2 Å². The number of halogens is 1. The summed E-state index contributed by atoms with van der Waals surface area (Å²) in [4.78, 5) is 14.2. The van der Waals surface area contributed by atoms with E-state index in [1.165, 1.54) is 0 Å². The summed E-state index contributed by atoms with van der Waals surface area (Å²) in [5.41, 5.74) is 8.34. The second kappa shape index (κ2) is 6.82. The number of benzene rings is 1. The van der Waals surface area contributed by atoms with E-state index in [-0.39, 0.29) is 18.0 Å². The van der Waals surface area contributed by atoms with Gasteiger partial charge in [0.2, 0.25) is 0 Å². The van der Waals surface area contributed by atoms with Gasteiger partial charge in [-0.05, 0) is 49.9 Å². The van der Waals surface area contributed by atoms with Crippen LogP contribution in [-0.4, -0.2) is 24.0 Å². The fraction of sp³-hybridized carbons (Fsp3) is 0.471. The van der Waals surface area contributed by atoms with Gasteiger partial charge in [0.05, 0.1) is 0 Å². The molecular formula is C17H23ClN2O2. The minimum atomic E-state index is -0.273. The van der Waals surface area contributed by atoms with Crippen LogP contribution in [-0.2, 0) is 6.54 Å². The van der Waals surface area contributed by atoms with Crippen LogP contribution in [0.1, 0.15) is 24.5 Å². The van der Waals surface area contributed by atoms with Gasteiger partial charge in [0, 0.05) is 30.6 Å². The summed E-state index contributed by atoms with van der Waals surface area (Å²) in [6.45, 7) is 6.75. The summed E-state index contributed by atoms with van der Waals surface area (Å²) >= 11 is 0. The molecule has 1 aliphatic heterocycles. The molecule has 0 aliphatic carbocycles. The SMILES string of the molecule is Cc1ccc2c(CN3CC(CN)CC3C)cc(=O)oc2c1.Cl. The minimum Gasteiger partial charge on any atom is -0.423 e.